The summed E-state index contributed by atoms with van der Waals surface area (Å²) < 4.78 is 0.802. The number of nitrogens with one attached hydrogen (secondary N) is 1. The van der Waals surface area contributed by atoms with Crippen molar-refractivity contribution in [2.24, 2.45) is 0 Å². The largest absolute Gasteiger partial charge is 0.365 e. The summed E-state index contributed by atoms with van der Waals surface area (Å²) in [6, 6.07) is 7.53. The van der Waals surface area contributed by atoms with Crippen LogP contribution in [0.3, 0.4) is 0 Å². The van der Waals surface area contributed by atoms with Crippen LogP contribution >= 0.6 is 34.5 Å². The Kier molecular flexibility index (Phi) is 3.46. The van der Waals surface area contributed by atoms with Crippen LogP contribution in [0.1, 0.15) is 4.88 Å². The Morgan fingerprint density at radius 2 is 2.07 bits per heavy atom. The highest BCUT2D eigenvalue weighted by molar-refractivity contribution is 7.16. The van der Waals surface area contributed by atoms with Gasteiger partial charge in [-0.05, 0) is 24.3 Å². The lowest BCUT2D eigenvalue weighted by Gasteiger charge is -2.02. The van der Waals surface area contributed by atoms with Gasteiger partial charge in [-0.25, -0.2) is 4.98 Å². The summed E-state index contributed by atoms with van der Waals surface area (Å²) in [5, 5.41) is 3.82. The quantitative estimate of drug-likeness (QED) is 0.898. The molecule has 78 valence electrons. The highest BCUT2D eigenvalue weighted by atomic mass is 35.5. The lowest BCUT2D eigenvalue weighted by molar-refractivity contribution is 1.14. The van der Waals surface area contributed by atoms with Gasteiger partial charge < -0.3 is 5.32 Å². The minimum Gasteiger partial charge on any atom is -0.365 e. The molecule has 0 spiro atoms. The summed E-state index contributed by atoms with van der Waals surface area (Å²) in [4.78, 5) is 5.31. The molecule has 0 fully saturated rings. The molecule has 0 saturated heterocycles. The maximum absolute atomic E-state index is 5.82. The molecule has 2 nitrogen and oxygen atoms in total. The fraction of sp³-hybridized carbons (Fsp3) is 0.100. The summed E-state index contributed by atoms with van der Waals surface area (Å²) >= 11 is 13.1. The number of nitrogens with zero attached hydrogens (tertiary/aromatic N) is 1. The van der Waals surface area contributed by atoms with Crippen molar-refractivity contribution in [2.45, 2.75) is 6.54 Å². The van der Waals surface area contributed by atoms with Gasteiger partial charge in [-0.1, -0.05) is 23.2 Å². The van der Waals surface area contributed by atoms with E-state index in [9.17, 15) is 0 Å². The Balaban J connectivity index is 1.96. The predicted octanol–water partition coefficient (Wildman–Crippen LogP) is 4.06. The highest BCUT2D eigenvalue weighted by Crippen LogP contribution is 2.22. The summed E-state index contributed by atoms with van der Waals surface area (Å²) in [6.07, 6.45) is 1.62. The van der Waals surface area contributed by atoms with E-state index >= 15 is 0 Å². The second-order valence-corrected chi connectivity index (χ2v) is 5.16. The second-order valence-electron chi connectivity index (χ2n) is 2.92. The maximum Gasteiger partial charge on any atom is 0.126 e. The topological polar surface area (TPSA) is 24.9 Å². The Morgan fingerprint density at radius 1 is 1.20 bits per heavy atom. The van der Waals surface area contributed by atoms with Gasteiger partial charge in [0.2, 0.25) is 0 Å². The lowest BCUT2D eigenvalue weighted by Crippen LogP contribution is -1.98. The van der Waals surface area contributed by atoms with E-state index in [1.165, 1.54) is 4.88 Å². The van der Waals surface area contributed by atoms with Crippen molar-refractivity contribution in [1.29, 1.82) is 0 Å². The molecule has 15 heavy (non-hydrogen) atoms. The zero-order chi connectivity index (χ0) is 10.7. The second kappa shape index (κ2) is 4.84. The SMILES string of the molecule is Clc1ccc(NCc2ccc(Cl)s2)nc1. The Morgan fingerprint density at radius 3 is 2.67 bits per heavy atom. The van der Waals surface area contributed by atoms with Crippen LogP contribution in [0.4, 0.5) is 5.82 Å². The Bertz CT molecular complexity index is 439. The number of rotatable bonds is 3. The first-order chi connectivity index (χ1) is 7.24. The Hall–Kier alpha value is -0.770. The van der Waals surface area contributed by atoms with Crippen molar-refractivity contribution >= 4 is 40.4 Å². The molecule has 0 unspecified atom stereocenters. The first-order valence-corrected chi connectivity index (χ1v) is 5.91. The minimum absolute atomic E-state index is 0.639. The molecule has 0 amide bonds. The van der Waals surface area contributed by atoms with Gasteiger partial charge in [-0.2, -0.15) is 0 Å². The van der Waals surface area contributed by atoms with Gasteiger partial charge in [0.1, 0.15) is 5.82 Å². The third-order valence-electron chi connectivity index (χ3n) is 1.80. The standard InChI is InChI=1S/C10H8Cl2N2S/c11-7-1-4-10(13-5-7)14-6-8-2-3-9(12)15-8/h1-5H,6H2,(H,13,14). The molecular weight excluding hydrogens is 251 g/mol. The van der Waals surface area contributed by atoms with Crippen LogP contribution in [0, 0.1) is 0 Å². The van der Waals surface area contributed by atoms with Gasteiger partial charge in [0.05, 0.1) is 15.9 Å². The van der Waals surface area contributed by atoms with Crippen molar-refractivity contribution in [2.75, 3.05) is 5.32 Å². The van der Waals surface area contributed by atoms with Crippen molar-refractivity contribution in [3.8, 4) is 0 Å². The number of thiophene rings is 1. The van der Waals surface area contributed by atoms with Gasteiger partial charge in [-0.3, -0.25) is 0 Å². The first kappa shape index (κ1) is 10.7. The molecule has 5 heteroatoms. The van der Waals surface area contributed by atoms with Crippen molar-refractivity contribution in [3.63, 3.8) is 0 Å². The third-order valence-corrected chi connectivity index (χ3v) is 3.25. The normalized spacial score (nSPS) is 10.3. The average Bonchev–Trinajstić information content (AvgIpc) is 2.64. The van der Waals surface area contributed by atoms with Crippen LogP contribution in [-0.2, 0) is 6.54 Å². The van der Waals surface area contributed by atoms with E-state index in [-0.39, 0.29) is 0 Å². The average molecular weight is 259 g/mol. The molecule has 2 aromatic rings. The third kappa shape index (κ3) is 3.09. The van der Waals surface area contributed by atoms with Crippen LogP contribution in [0.5, 0.6) is 0 Å². The van der Waals surface area contributed by atoms with Gasteiger partial charge in [0.15, 0.2) is 0 Å². The number of hydrogen-bond donors (Lipinski definition) is 1. The molecule has 0 atom stereocenters. The molecule has 2 heterocycles. The first-order valence-electron chi connectivity index (χ1n) is 4.34. The summed E-state index contributed by atoms with van der Waals surface area (Å²) in [7, 11) is 0. The molecule has 0 radical (unpaired) electrons. The van der Waals surface area contributed by atoms with E-state index in [1.807, 2.05) is 18.2 Å². The van der Waals surface area contributed by atoms with Crippen LogP contribution < -0.4 is 5.32 Å². The summed E-state index contributed by atoms with van der Waals surface area (Å²) in [5.74, 6) is 0.809. The minimum atomic E-state index is 0.639. The van der Waals surface area contributed by atoms with Gasteiger partial charge in [-0.15, -0.1) is 11.3 Å². The number of anilines is 1. The number of halogens is 2. The number of aromatic nitrogens is 1. The molecule has 0 saturated carbocycles. The van der Waals surface area contributed by atoms with E-state index in [0.29, 0.717) is 5.02 Å². The predicted molar refractivity (Wildman–Crippen MR) is 65.9 cm³/mol. The molecule has 0 aliphatic rings. The smallest absolute Gasteiger partial charge is 0.126 e. The molecule has 0 bridgehead atoms. The summed E-state index contributed by atoms with van der Waals surface area (Å²) in [6.45, 7) is 0.728. The maximum atomic E-state index is 5.82. The van der Waals surface area contributed by atoms with E-state index in [4.69, 9.17) is 23.2 Å². The van der Waals surface area contributed by atoms with Gasteiger partial charge >= 0.3 is 0 Å². The van der Waals surface area contributed by atoms with Crippen LogP contribution in [0.2, 0.25) is 9.36 Å². The van der Waals surface area contributed by atoms with Crippen molar-refractivity contribution in [3.05, 3.63) is 44.7 Å². The van der Waals surface area contributed by atoms with E-state index < -0.39 is 0 Å². The zero-order valence-corrected chi connectivity index (χ0v) is 10.0. The van der Waals surface area contributed by atoms with E-state index in [2.05, 4.69) is 10.3 Å². The molecule has 2 aromatic heterocycles. The monoisotopic (exact) mass is 258 g/mol. The fourth-order valence-corrected chi connectivity index (χ4v) is 2.24. The van der Waals surface area contributed by atoms with Crippen molar-refractivity contribution < 1.29 is 0 Å². The number of hydrogen-bond acceptors (Lipinski definition) is 3. The molecule has 1 N–H and O–H groups in total. The van der Waals surface area contributed by atoms with E-state index in [1.54, 1.807) is 23.6 Å². The van der Waals surface area contributed by atoms with Crippen LogP contribution in [0.15, 0.2) is 30.5 Å². The van der Waals surface area contributed by atoms with Crippen molar-refractivity contribution in [1.82, 2.24) is 4.98 Å². The van der Waals surface area contributed by atoms with E-state index in [0.717, 1.165) is 16.7 Å². The zero-order valence-electron chi connectivity index (χ0n) is 7.71. The summed E-state index contributed by atoms with van der Waals surface area (Å²) in [5.41, 5.74) is 0. The molecule has 0 aliphatic heterocycles. The number of pyridine rings is 1. The van der Waals surface area contributed by atoms with Gasteiger partial charge in [0, 0.05) is 11.1 Å². The molecular formula is C10H8Cl2N2S. The van der Waals surface area contributed by atoms with Crippen LogP contribution in [0.25, 0.3) is 0 Å². The Labute approximate surface area is 102 Å². The lowest BCUT2D eigenvalue weighted by atomic mass is 10.4. The molecule has 0 aromatic carbocycles. The van der Waals surface area contributed by atoms with Gasteiger partial charge in [0.25, 0.3) is 0 Å². The van der Waals surface area contributed by atoms with Crippen LogP contribution in [-0.4, -0.2) is 4.98 Å². The molecule has 0 aliphatic carbocycles. The molecule has 2 rings (SSSR count). The fourth-order valence-electron chi connectivity index (χ4n) is 1.10. The highest BCUT2D eigenvalue weighted by Gasteiger charge is 1.98.